The van der Waals surface area contributed by atoms with Crippen molar-refractivity contribution in [3.8, 4) is 0 Å². The lowest BCUT2D eigenvalue weighted by atomic mass is 10.3. The molecule has 0 spiro atoms. The van der Waals surface area contributed by atoms with Crippen LogP contribution in [0.5, 0.6) is 0 Å². The summed E-state index contributed by atoms with van der Waals surface area (Å²) < 4.78 is 10.5. The number of amidine groups is 1. The Balaban J connectivity index is 1.35. The van der Waals surface area contributed by atoms with Crippen LogP contribution in [0, 0.1) is 0 Å². The van der Waals surface area contributed by atoms with E-state index in [4.69, 9.17) is 10.3 Å². The van der Waals surface area contributed by atoms with Gasteiger partial charge < -0.3 is 15.6 Å². The van der Waals surface area contributed by atoms with Crippen molar-refractivity contribution >= 4 is 87.6 Å². The Hall–Kier alpha value is -3.14. The summed E-state index contributed by atoms with van der Waals surface area (Å²) in [5.74, 6) is -0.184. The lowest BCUT2D eigenvalue weighted by molar-refractivity contribution is 0.0968. The van der Waals surface area contributed by atoms with Gasteiger partial charge in [-0.15, -0.1) is 0 Å². The van der Waals surface area contributed by atoms with E-state index < -0.39 is 0 Å². The van der Waals surface area contributed by atoms with E-state index >= 15 is 0 Å². The smallest absolute Gasteiger partial charge is 0.275 e. The highest BCUT2D eigenvalue weighted by Crippen LogP contribution is 2.32. The average molecular weight is 638 g/mol. The molecular formula is C20H14Br2N8O3S2. The molecule has 35 heavy (non-hydrogen) atoms. The number of carbonyl (C=O) groups is 1. The third kappa shape index (κ3) is 4.71. The van der Waals surface area contributed by atoms with Crippen LogP contribution in [0.1, 0.15) is 20.9 Å². The topological polar surface area (TPSA) is 157 Å². The van der Waals surface area contributed by atoms with Crippen molar-refractivity contribution in [2.24, 2.45) is 10.7 Å². The molecule has 5 heterocycles. The molecule has 15 heteroatoms. The summed E-state index contributed by atoms with van der Waals surface area (Å²) in [5.41, 5.74) is 7.21. The maximum absolute atomic E-state index is 13.1. The van der Waals surface area contributed by atoms with Crippen molar-refractivity contribution in [2.45, 2.75) is 6.42 Å². The molecule has 0 aliphatic carbocycles. The van der Waals surface area contributed by atoms with Gasteiger partial charge in [0, 0.05) is 41.3 Å². The predicted octanol–water partition coefficient (Wildman–Crippen LogP) is 4.14. The summed E-state index contributed by atoms with van der Waals surface area (Å²) in [4.78, 5) is 38.8. The number of fused-ring (bicyclic) bond motifs is 1. The number of pyridine rings is 1. The van der Waals surface area contributed by atoms with Crippen LogP contribution in [0.25, 0.3) is 11.0 Å². The van der Waals surface area contributed by atoms with Gasteiger partial charge in [-0.2, -0.15) is 0 Å². The number of H-pyrrole nitrogens is 1. The zero-order valence-corrected chi connectivity index (χ0v) is 22.3. The van der Waals surface area contributed by atoms with E-state index in [9.17, 15) is 9.59 Å². The monoisotopic (exact) mass is 636 g/mol. The molecule has 0 bridgehead atoms. The SMILES string of the molecule is NC(=NCCc1ccon1)c1c(Nc2ncc(C(=O)n3ccc4c(Br)c(Br)cnc43)s2)s[nH]c1=O. The summed E-state index contributed by atoms with van der Waals surface area (Å²) in [5, 5.41) is 8.56. The summed E-state index contributed by atoms with van der Waals surface area (Å²) in [7, 11) is 0. The van der Waals surface area contributed by atoms with Gasteiger partial charge in [-0.05, 0) is 49.5 Å². The Labute approximate surface area is 221 Å². The van der Waals surface area contributed by atoms with Gasteiger partial charge in [0.25, 0.3) is 11.5 Å². The summed E-state index contributed by atoms with van der Waals surface area (Å²) in [6.07, 6.45) is 6.77. The number of aliphatic imine (C=N–C) groups is 1. The minimum absolute atomic E-state index is 0.0907. The number of hydrogen-bond acceptors (Lipinski definition) is 10. The van der Waals surface area contributed by atoms with Crippen LogP contribution in [-0.4, -0.2) is 42.4 Å². The van der Waals surface area contributed by atoms with Crippen molar-refractivity contribution in [3.05, 3.63) is 72.4 Å². The van der Waals surface area contributed by atoms with E-state index in [0.717, 1.165) is 42.9 Å². The van der Waals surface area contributed by atoms with Crippen LogP contribution in [0.3, 0.4) is 0 Å². The standard InChI is InChI=1S/C20H14Br2N8O3S2/c21-11-7-25-16-10(14(11)22)2-5-30(16)19(32)12-8-26-20(34-12)27-18-13(17(31)29-35-18)15(23)24-4-1-9-3-6-33-28-9/h2-3,5-8H,1,4H2,(H2,23,24)(H,26,27)(H,29,31). The molecule has 0 radical (unpaired) electrons. The highest BCUT2D eigenvalue weighted by atomic mass is 79.9. The Morgan fingerprint density at radius 3 is 2.94 bits per heavy atom. The summed E-state index contributed by atoms with van der Waals surface area (Å²) in [6, 6.07) is 3.55. The Bertz CT molecular complexity index is 1620. The van der Waals surface area contributed by atoms with Crippen LogP contribution in [0.2, 0.25) is 0 Å². The van der Waals surface area contributed by atoms with Crippen molar-refractivity contribution in [1.82, 2.24) is 24.1 Å². The molecule has 5 aromatic heterocycles. The van der Waals surface area contributed by atoms with Gasteiger partial charge in [0.2, 0.25) is 0 Å². The zero-order chi connectivity index (χ0) is 24.5. The highest BCUT2D eigenvalue weighted by molar-refractivity contribution is 9.13. The Kier molecular flexibility index (Phi) is 6.64. The maximum Gasteiger partial charge on any atom is 0.275 e. The molecule has 0 fully saturated rings. The van der Waals surface area contributed by atoms with Gasteiger partial charge in [0.1, 0.15) is 33.2 Å². The van der Waals surface area contributed by atoms with Crippen LogP contribution >= 0.6 is 54.7 Å². The Morgan fingerprint density at radius 2 is 2.14 bits per heavy atom. The minimum Gasteiger partial charge on any atom is -0.383 e. The lowest BCUT2D eigenvalue weighted by Gasteiger charge is -2.03. The van der Waals surface area contributed by atoms with Crippen LogP contribution in [-0.2, 0) is 6.42 Å². The zero-order valence-electron chi connectivity index (χ0n) is 17.5. The third-order valence-corrected chi connectivity index (χ3v) is 8.55. The number of aromatic amines is 1. The van der Waals surface area contributed by atoms with E-state index in [-0.39, 0.29) is 22.9 Å². The number of halogens is 2. The second-order valence-electron chi connectivity index (χ2n) is 7.05. The van der Waals surface area contributed by atoms with Gasteiger partial charge in [-0.25, -0.2) is 9.97 Å². The van der Waals surface area contributed by atoms with Gasteiger partial charge in [-0.3, -0.25) is 23.5 Å². The molecule has 0 aromatic carbocycles. The number of nitrogens with one attached hydrogen (secondary N) is 2. The number of nitrogens with zero attached hydrogens (tertiary/aromatic N) is 5. The minimum atomic E-state index is -0.366. The average Bonchev–Trinajstić information content (AvgIpc) is 3.64. The maximum atomic E-state index is 13.1. The molecule has 5 aromatic rings. The molecule has 5 rings (SSSR count). The lowest BCUT2D eigenvalue weighted by Crippen LogP contribution is -2.22. The van der Waals surface area contributed by atoms with Gasteiger partial charge in [0.05, 0.1) is 16.4 Å². The fraction of sp³-hybridized carbons (Fsp3) is 0.100. The van der Waals surface area contributed by atoms with Gasteiger partial charge in [-0.1, -0.05) is 16.5 Å². The number of thiazole rings is 1. The molecular weight excluding hydrogens is 624 g/mol. The Morgan fingerprint density at radius 1 is 1.29 bits per heavy atom. The van der Waals surface area contributed by atoms with E-state index in [2.05, 4.69) is 61.7 Å². The van der Waals surface area contributed by atoms with E-state index in [1.54, 1.807) is 18.5 Å². The second-order valence-corrected chi connectivity index (χ2v) is 10.5. The van der Waals surface area contributed by atoms with Gasteiger partial charge in [0.15, 0.2) is 5.13 Å². The molecule has 178 valence electrons. The molecule has 0 saturated carbocycles. The van der Waals surface area contributed by atoms with Crippen molar-refractivity contribution in [3.63, 3.8) is 0 Å². The number of rotatable bonds is 7. The number of anilines is 2. The second kappa shape index (κ2) is 9.85. The van der Waals surface area contributed by atoms with E-state index in [1.807, 2.05) is 6.07 Å². The first-order valence-corrected chi connectivity index (χ1v) is 13.1. The van der Waals surface area contributed by atoms with Crippen LogP contribution < -0.4 is 16.6 Å². The molecule has 0 amide bonds. The van der Waals surface area contributed by atoms with Crippen molar-refractivity contribution in [1.29, 1.82) is 0 Å². The first-order chi connectivity index (χ1) is 16.9. The number of nitrogens with two attached hydrogens (primary N) is 1. The van der Waals surface area contributed by atoms with E-state index in [1.165, 1.54) is 17.0 Å². The summed E-state index contributed by atoms with van der Waals surface area (Å²) in [6.45, 7) is 0.342. The third-order valence-electron chi connectivity index (χ3n) is 4.86. The van der Waals surface area contributed by atoms with Crippen molar-refractivity contribution in [2.75, 3.05) is 11.9 Å². The fourth-order valence-electron chi connectivity index (χ4n) is 3.20. The molecule has 4 N–H and O–H groups in total. The molecule has 0 unspecified atom stereocenters. The highest BCUT2D eigenvalue weighted by Gasteiger charge is 2.20. The molecule has 0 aliphatic rings. The van der Waals surface area contributed by atoms with Crippen LogP contribution in [0.4, 0.5) is 10.1 Å². The number of aromatic nitrogens is 5. The van der Waals surface area contributed by atoms with E-state index in [0.29, 0.717) is 33.6 Å². The molecule has 0 aliphatic heterocycles. The van der Waals surface area contributed by atoms with Gasteiger partial charge >= 0.3 is 0 Å². The molecule has 11 nitrogen and oxygen atoms in total. The predicted molar refractivity (Wildman–Crippen MR) is 141 cm³/mol. The largest absolute Gasteiger partial charge is 0.383 e. The fourth-order valence-corrected chi connectivity index (χ4v) is 5.49. The first kappa shape index (κ1) is 23.6. The molecule has 0 saturated heterocycles. The summed E-state index contributed by atoms with van der Waals surface area (Å²) >= 11 is 9.13. The number of carbonyl (C=O) groups excluding carboxylic acids is 1. The number of hydrogen-bond donors (Lipinski definition) is 3. The molecule has 0 atom stereocenters. The normalized spacial score (nSPS) is 11.9. The quantitative estimate of drug-likeness (QED) is 0.178. The first-order valence-electron chi connectivity index (χ1n) is 9.92. The van der Waals surface area contributed by atoms with Crippen molar-refractivity contribution < 1.29 is 9.32 Å². The van der Waals surface area contributed by atoms with Crippen LogP contribution in [0.15, 0.2) is 60.2 Å².